The molecule has 0 bridgehead atoms. The standard InChI is InChI=1S/C18H19N3O3S2/c1-12-14-10-15(16(22)19-18(2)8-9-26(23,24)11-18)25-17(14)21(20-12)13-6-4-3-5-7-13/h3-7,10H,8-9,11H2,1-2H3,(H,19,22). The van der Waals surface area contributed by atoms with Crippen LogP contribution >= 0.6 is 11.3 Å². The van der Waals surface area contributed by atoms with Crippen molar-refractivity contribution in [3.63, 3.8) is 0 Å². The maximum atomic E-state index is 12.7. The highest BCUT2D eigenvalue weighted by molar-refractivity contribution is 7.91. The number of benzene rings is 1. The molecule has 0 saturated carbocycles. The molecule has 1 atom stereocenters. The van der Waals surface area contributed by atoms with Gasteiger partial charge in [0.2, 0.25) is 0 Å². The number of sulfone groups is 1. The van der Waals surface area contributed by atoms with Crippen molar-refractivity contribution in [1.29, 1.82) is 0 Å². The number of fused-ring (bicyclic) bond motifs is 1. The number of amides is 1. The molecule has 6 nitrogen and oxygen atoms in total. The average molecular weight is 390 g/mol. The quantitative estimate of drug-likeness (QED) is 0.747. The molecular weight excluding hydrogens is 370 g/mol. The average Bonchev–Trinajstić information content (AvgIpc) is 3.22. The Morgan fingerprint density at radius 1 is 1.31 bits per heavy atom. The number of nitrogens with zero attached hydrogens (tertiary/aromatic N) is 2. The van der Waals surface area contributed by atoms with Gasteiger partial charge in [0.25, 0.3) is 5.91 Å². The van der Waals surface area contributed by atoms with E-state index in [4.69, 9.17) is 0 Å². The molecule has 1 N–H and O–H groups in total. The molecule has 1 amide bonds. The first-order valence-electron chi connectivity index (χ1n) is 8.34. The van der Waals surface area contributed by atoms with E-state index < -0.39 is 15.4 Å². The minimum absolute atomic E-state index is 0.00649. The largest absolute Gasteiger partial charge is 0.345 e. The zero-order chi connectivity index (χ0) is 18.5. The van der Waals surface area contributed by atoms with Crippen LogP contribution < -0.4 is 5.32 Å². The zero-order valence-corrected chi connectivity index (χ0v) is 16.2. The summed E-state index contributed by atoms with van der Waals surface area (Å²) in [6, 6.07) is 11.6. The highest BCUT2D eigenvalue weighted by Crippen LogP contribution is 2.31. The van der Waals surface area contributed by atoms with Gasteiger partial charge < -0.3 is 5.32 Å². The topological polar surface area (TPSA) is 81.1 Å². The van der Waals surface area contributed by atoms with E-state index in [1.54, 1.807) is 6.92 Å². The molecule has 1 aliphatic heterocycles. The fourth-order valence-corrected chi connectivity index (χ4v) is 6.52. The molecule has 3 aromatic rings. The number of carbonyl (C=O) groups is 1. The van der Waals surface area contributed by atoms with Crippen LogP contribution in [0.4, 0.5) is 0 Å². The molecule has 0 radical (unpaired) electrons. The SMILES string of the molecule is Cc1nn(-c2ccccc2)c2sc(C(=O)NC3(C)CCS(=O)(=O)C3)cc12. The Balaban J connectivity index is 1.67. The number of aromatic nitrogens is 2. The minimum Gasteiger partial charge on any atom is -0.345 e. The Labute approximate surface area is 155 Å². The third-order valence-corrected chi connectivity index (χ3v) is 7.70. The molecule has 1 unspecified atom stereocenters. The van der Waals surface area contributed by atoms with Gasteiger partial charge in [-0.3, -0.25) is 4.79 Å². The monoisotopic (exact) mass is 389 g/mol. The zero-order valence-electron chi connectivity index (χ0n) is 14.5. The summed E-state index contributed by atoms with van der Waals surface area (Å²) in [5.74, 6) is -0.115. The molecule has 1 saturated heterocycles. The molecule has 0 aliphatic carbocycles. The van der Waals surface area contributed by atoms with E-state index in [1.165, 1.54) is 11.3 Å². The van der Waals surface area contributed by atoms with E-state index in [2.05, 4.69) is 10.4 Å². The van der Waals surface area contributed by atoms with Crippen LogP contribution in [0.1, 0.15) is 28.7 Å². The van der Waals surface area contributed by atoms with Crippen LogP contribution in [0.3, 0.4) is 0 Å². The fraction of sp³-hybridized carbons (Fsp3) is 0.333. The first-order valence-corrected chi connectivity index (χ1v) is 11.0. The normalized spacial score (nSPS) is 21.9. The molecule has 8 heteroatoms. The Kier molecular flexibility index (Phi) is 3.92. The Morgan fingerprint density at radius 3 is 2.69 bits per heavy atom. The van der Waals surface area contributed by atoms with Gasteiger partial charge >= 0.3 is 0 Å². The van der Waals surface area contributed by atoms with Crippen LogP contribution in [0.15, 0.2) is 36.4 Å². The highest BCUT2D eigenvalue weighted by Gasteiger charge is 2.39. The van der Waals surface area contributed by atoms with Gasteiger partial charge in [-0.15, -0.1) is 11.3 Å². The van der Waals surface area contributed by atoms with Gasteiger partial charge in [-0.2, -0.15) is 5.10 Å². The van der Waals surface area contributed by atoms with Gasteiger partial charge in [0.1, 0.15) is 4.83 Å². The van der Waals surface area contributed by atoms with Crippen molar-refractivity contribution < 1.29 is 13.2 Å². The number of hydrogen-bond donors (Lipinski definition) is 1. The fourth-order valence-electron chi connectivity index (χ4n) is 3.35. The van der Waals surface area contributed by atoms with Gasteiger partial charge in [0.05, 0.1) is 33.3 Å². The van der Waals surface area contributed by atoms with E-state index in [1.807, 2.05) is 48.0 Å². The van der Waals surface area contributed by atoms with Crippen molar-refractivity contribution in [3.8, 4) is 5.69 Å². The lowest BCUT2D eigenvalue weighted by atomic mass is 10.0. The molecule has 2 aromatic heterocycles. The Morgan fingerprint density at radius 2 is 2.04 bits per heavy atom. The van der Waals surface area contributed by atoms with Crippen molar-refractivity contribution in [3.05, 3.63) is 47.0 Å². The predicted molar refractivity (Wildman–Crippen MR) is 103 cm³/mol. The lowest BCUT2D eigenvalue weighted by Crippen LogP contribution is -2.46. The summed E-state index contributed by atoms with van der Waals surface area (Å²) < 4.78 is 25.3. The number of nitrogens with one attached hydrogen (secondary N) is 1. The molecule has 0 spiro atoms. The Bertz CT molecular complexity index is 1100. The van der Waals surface area contributed by atoms with Crippen molar-refractivity contribution in [2.75, 3.05) is 11.5 Å². The van der Waals surface area contributed by atoms with Crippen LogP contribution in [-0.4, -0.2) is 41.2 Å². The van der Waals surface area contributed by atoms with Crippen molar-refractivity contribution in [1.82, 2.24) is 15.1 Å². The number of thiophene rings is 1. The van der Waals surface area contributed by atoms with Gasteiger partial charge in [-0.1, -0.05) is 18.2 Å². The van der Waals surface area contributed by atoms with Crippen molar-refractivity contribution in [2.24, 2.45) is 0 Å². The van der Waals surface area contributed by atoms with Crippen LogP contribution in [0.2, 0.25) is 0 Å². The molecule has 136 valence electrons. The molecule has 1 fully saturated rings. The summed E-state index contributed by atoms with van der Waals surface area (Å²) in [6.07, 6.45) is 0.447. The van der Waals surface area contributed by atoms with Gasteiger partial charge in [0.15, 0.2) is 9.84 Å². The van der Waals surface area contributed by atoms with Crippen LogP contribution in [0.25, 0.3) is 15.9 Å². The lowest BCUT2D eigenvalue weighted by molar-refractivity contribution is 0.0919. The van der Waals surface area contributed by atoms with E-state index >= 15 is 0 Å². The lowest BCUT2D eigenvalue weighted by Gasteiger charge is -2.23. The van der Waals surface area contributed by atoms with Crippen LogP contribution in [0.5, 0.6) is 0 Å². The number of carbonyl (C=O) groups excluding carboxylic acids is 1. The third kappa shape index (κ3) is 3.03. The van der Waals surface area contributed by atoms with Crippen LogP contribution in [-0.2, 0) is 9.84 Å². The second-order valence-corrected chi connectivity index (χ2v) is 10.2. The first kappa shape index (κ1) is 17.2. The summed E-state index contributed by atoms with van der Waals surface area (Å²) >= 11 is 1.37. The Hall–Kier alpha value is -2.19. The van der Waals surface area contributed by atoms with E-state index in [9.17, 15) is 13.2 Å². The van der Waals surface area contributed by atoms with Gasteiger partial charge in [-0.05, 0) is 38.5 Å². The summed E-state index contributed by atoms with van der Waals surface area (Å²) in [7, 11) is -3.07. The first-order chi connectivity index (χ1) is 12.3. The number of para-hydroxylation sites is 1. The maximum Gasteiger partial charge on any atom is 0.261 e. The van der Waals surface area contributed by atoms with Gasteiger partial charge in [0, 0.05) is 5.39 Å². The second kappa shape index (κ2) is 5.92. The molecular formula is C18H19N3O3S2. The molecule has 3 heterocycles. The molecule has 1 aromatic carbocycles. The van der Waals surface area contributed by atoms with Crippen molar-refractivity contribution in [2.45, 2.75) is 25.8 Å². The molecule has 26 heavy (non-hydrogen) atoms. The van der Waals surface area contributed by atoms with Gasteiger partial charge in [-0.25, -0.2) is 13.1 Å². The second-order valence-electron chi connectivity index (χ2n) is 7.02. The number of hydrogen-bond acceptors (Lipinski definition) is 5. The third-order valence-electron chi connectivity index (χ3n) is 4.69. The molecule has 1 aliphatic rings. The smallest absolute Gasteiger partial charge is 0.261 e. The number of aryl methyl sites for hydroxylation is 1. The van der Waals surface area contributed by atoms with E-state index in [-0.39, 0.29) is 17.4 Å². The summed E-state index contributed by atoms with van der Waals surface area (Å²) in [5.41, 5.74) is 1.09. The summed E-state index contributed by atoms with van der Waals surface area (Å²) in [4.78, 5) is 14.2. The maximum absolute atomic E-state index is 12.7. The van der Waals surface area contributed by atoms with E-state index in [0.29, 0.717) is 11.3 Å². The molecule has 4 rings (SSSR count). The highest BCUT2D eigenvalue weighted by atomic mass is 32.2. The van der Waals surface area contributed by atoms with Crippen molar-refractivity contribution >= 4 is 37.3 Å². The predicted octanol–water partition coefficient (Wildman–Crippen LogP) is 2.70. The number of rotatable bonds is 3. The minimum atomic E-state index is -3.07. The van der Waals surface area contributed by atoms with E-state index in [0.717, 1.165) is 21.6 Å². The van der Waals surface area contributed by atoms with Crippen LogP contribution in [0, 0.1) is 6.92 Å². The summed E-state index contributed by atoms with van der Waals surface area (Å²) in [6.45, 7) is 3.71. The summed E-state index contributed by atoms with van der Waals surface area (Å²) in [5, 5.41) is 8.43.